The minimum Gasteiger partial charge on any atom is -0.496 e. The Morgan fingerprint density at radius 1 is 0.864 bits per heavy atom. The smallest absolute Gasteiger partial charge is 0.346 e. The van der Waals surface area contributed by atoms with Gasteiger partial charge in [0, 0.05) is 0 Å². The monoisotopic (exact) mass is 302 g/mol. The normalized spacial score (nSPS) is 9.95. The number of esters is 1. The van der Waals surface area contributed by atoms with E-state index in [1.165, 1.54) is 21.3 Å². The fourth-order valence-corrected chi connectivity index (χ4v) is 2.07. The number of hydrogen-bond donors (Lipinski definition) is 0. The zero-order chi connectivity index (χ0) is 15.9. The molecular formula is C17H18O5. The molecule has 0 saturated heterocycles. The highest BCUT2D eigenvalue weighted by Crippen LogP contribution is 2.37. The molecule has 0 aromatic heterocycles. The second-order valence-electron chi connectivity index (χ2n) is 4.44. The third-order valence-electron chi connectivity index (χ3n) is 3.14. The lowest BCUT2D eigenvalue weighted by atomic mass is 10.1. The summed E-state index contributed by atoms with van der Waals surface area (Å²) in [7, 11) is 4.45. The molecule has 0 fully saturated rings. The van der Waals surface area contributed by atoms with Gasteiger partial charge in [-0.25, -0.2) is 4.79 Å². The van der Waals surface area contributed by atoms with Crippen LogP contribution in [0.3, 0.4) is 0 Å². The van der Waals surface area contributed by atoms with Crippen LogP contribution < -0.4 is 14.2 Å². The summed E-state index contributed by atoms with van der Waals surface area (Å²) in [6.07, 6.45) is 0. The van der Waals surface area contributed by atoms with E-state index in [1.807, 2.05) is 30.3 Å². The van der Waals surface area contributed by atoms with Crippen LogP contribution in [0.1, 0.15) is 15.9 Å². The van der Waals surface area contributed by atoms with E-state index >= 15 is 0 Å². The molecule has 2 aromatic carbocycles. The van der Waals surface area contributed by atoms with Gasteiger partial charge in [0.2, 0.25) is 0 Å². The lowest BCUT2D eigenvalue weighted by Gasteiger charge is -2.15. The summed E-state index contributed by atoms with van der Waals surface area (Å²) in [5.41, 5.74) is 1.11. The number of rotatable bonds is 6. The van der Waals surface area contributed by atoms with Crippen LogP contribution in [0.2, 0.25) is 0 Å². The average molecular weight is 302 g/mol. The molecule has 2 rings (SSSR count). The van der Waals surface area contributed by atoms with Crippen molar-refractivity contribution in [2.24, 2.45) is 0 Å². The molecule has 0 spiro atoms. The summed E-state index contributed by atoms with van der Waals surface area (Å²) in [6, 6.07) is 12.7. The zero-order valence-electron chi connectivity index (χ0n) is 12.8. The van der Waals surface area contributed by atoms with Crippen molar-refractivity contribution in [1.29, 1.82) is 0 Å². The number of methoxy groups -OCH3 is 3. The molecule has 22 heavy (non-hydrogen) atoms. The molecule has 0 amide bonds. The van der Waals surface area contributed by atoms with Gasteiger partial charge in [-0.1, -0.05) is 30.3 Å². The van der Waals surface area contributed by atoms with Crippen LogP contribution in [0.15, 0.2) is 42.5 Å². The third-order valence-corrected chi connectivity index (χ3v) is 3.14. The van der Waals surface area contributed by atoms with Gasteiger partial charge in [-0.3, -0.25) is 0 Å². The predicted molar refractivity (Wildman–Crippen MR) is 81.7 cm³/mol. The van der Waals surface area contributed by atoms with Crippen molar-refractivity contribution in [3.63, 3.8) is 0 Å². The third kappa shape index (κ3) is 3.31. The van der Waals surface area contributed by atoms with Gasteiger partial charge < -0.3 is 18.9 Å². The van der Waals surface area contributed by atoms with Crippen molar-refractivity contribution >= 4 is 5.97 Å². The van der Waals surface area contributed by atoms with E-state index < -0.39 is 5.97 Å². The Kier molecular flexibility index (Phi) is 5.25. The van der Waals surface area contributed by atoms with E-state index in [-0.39, 0.29) is 12.2 Å². The van der Waals surface area contributed by atoms with E-state index in [9.17, 15) is 4.79 Å². The van der Waals surface area contributed by atoms with Gasteiger partial charge in [0.15, 0.2) is 11.5 Å². The van der Waals surface area contributed by atoms with Gasteiger partial charge >= 0.3 is 5.97 Å². The topological polar surface area (TPSA) is 54.0 Å². The summed E-state index contributed by atoms with van der Waals surface area (Å²) in [6.45, 7) is 0.170. The molecule has 5 heteroatoms. The molecule has 0 bridgehead atoms. The zero-order valence-corrected chi connectivity index (χ0v) is 12.8. The predicted octanol–water partition coefficient (Wildman–Crippen LogP) is 3.07. The number of benzene rings is 2. The summed E-state index contributed by atoms with van der Waals surface area (Å²) in [5.74, 6) is 0.571. The standard InChI is InChI=1S/C17H18O5/c1-19-13-9-10-14(20-2)16(21-3)15(13)17(18)22-11-12-7-5-4-6-8-12/h4-10H,11H2,1-3H3. The van der Waals surface area contributed by atoms with Crippen LogP contribution in [0, 0.1) is 0 Å². The summed E-state index contributed by atoms with van der Waals surface area (Å²) >= 11 is 0. The molecule has 0 radical (unpaired) electrons. The minimum absolute atomic E-state index is 0.170. The molecule has 0 atom stereocenters. The largest absolute Gasteiger partial charge is 0.496 e. The maximum atomic E-state index is 12.4. The molecular weight excluding hydrogens is 284 g/mol. The summed E-state index contributed by atoms with van der Waals surface area (Å²) in [5, 5.41) is 0. The van der Waals surface area contributed by atoms with Crippen LogP contribution >= 0.6 is 0 Å². The molecule has 0 aliphatic rings. The van der Waals surface area contributed by atoms with Crippen molar-refractivity contribution in [1.82, 2.24) is 0 Å². The van der Waals surface area contributed by atoms with Crippen molar-refractivity contribution in [3.8, 4) is 17.2 Å². The Morgan fingerprint density at radius 3 is 2.09 bits per heavy atom. The quantitative estimate of drug-likeness (QED) is 0.768. The van der Waals surface area contributed by atoms with E-state index in [4.69, 9.17) is 18.9 Å². The lowest BCUT2D eigenvalue weighted by Crippen LogP contribution is -2.10. The molecule has 0 saturated carbocycles. The number of carbonyl (C=O) groups excluding carboxylic acids is 1. The number of carbonyl (C=O) groups is 1. The molecule has 0 heterocycles. The van der Waals surface area contributed by atoms with Gasteiger partial charge in [-0.15, -0.1) is 0 Å². The molecule has 5 nitrogen and oxygen atoms in total. The Balaban J connectivity index is 2.27. The SMILES string of the molecule is COc1ccc(OC)c(C(=O)OCc2ccccc2)c1OC. The summed E-state index contributed by atoms with van der Waals surface area (Å²) < 4.78 is 21.0. The van der Waals surface area contributed by atoms with Gasteiger partial charge in [0.1, 0.15) is 17.9 Å². The maximum Gasteiger partial charge on any atom is 0.346 e. The summed E-state index contributed by atoms with van der Waals surface area (Å²) in [4.78, 5) is 12.4. The molecule has 0 unspecified atom stereocenters. The Bertz CT molecular complexity index is 637. The Hall–Kier alpha value is -2.69. The average Bonchev–Trinajstić information content (AvgIpc) is 2.58. The van der Waals surface area contributed by atoms with Gasteiger partial charge in [-0.2, -0.15) is 0 Å². The highest BCUT2D eigenvalue weighted by Gasteiger charge is 2.23. The van der Waals surface area contributed by atoms with E-state index in [2.05, 4.69) is 0 Å². The van der Waals surface area contributed by atoms with Crippen LogP contribution in [0.4, 0.5) is 0 Å². The first-order valence-electron chi connectivity index (χ1n) is 6.71. The van der Waals surface area contributed by atoms with Gasteiger partial charge in [0.25, 0.3) is 0 Å². The first-order chi connectivity index (χ1) is 10.7. The Morgan fingerprint density at radius 2 is 1.50 bits per heavy atom. The van der Waals surface area contributed by atoms with E-state index in [1.54, 1.807) is 12.1 Å². The van der Waals surface area contributed by atoms with Crippen LogP contribution in [-0.4, -0.2) is 27.3 Å². The van der Waals surface area contributed by atoms with Crippen molar-refractivity contribution in [2.75, 3.05) is 21.3 Å². The highest BCUT2D eigenvalue weighted by atomic mass is 16.5. The lowest BCUT2D eigenvalue weighted by molar-refractivity contribution is 0.0464. The van der Waals surface area contributed by atoms with E-state index in [0.29, 0.717) is 17.2 Å². The Labute approximate surface area is 129 Å². The van der Waals surface area contributed by atoms with Crippen LogP contribution in [-0.2, 0) is 11.3 Å². The molecule has 0 N–H and O–H groups in total. The fourth-order valence-electron chi connectivity index (χ4n) is 2.07. The van der Waals surface area contributed by atoms with Crippen molar-refractivity contribution in [2.45, 2.75) is 6.61 Å². The van der Waals surface area contributed by atoms with E-state index in [0.717, 1.165) is 5.56 Å². The maximum absolute atomic E-state index is 12.4. The number of hydrogen-bond acceptors (Lipinski definition) is 5. The fraction of sp³-hybridized carbons (Fsp3) is 0.235. The molecule has 0 aliphatic carbocycles. The minimum atomic E-state index is -0.531. The highest BCUT2D eigenvalue weighted by molar-refractivity contribution is 5.96. The van der Waals surface area contributed by atoms with Crippen LogP contribution in [0.5, 0.6) is 17.2 Å². The van der Waals surface area contributed by atoms with Gasteiger partial charge in [0.05, 0.1) is 21.3 Å². The van der Waals surface area contributed by atoms with Gasteiger partial charge in [-0.05, 0) is 17.7 Å². The van der Waals surface area contributed by atoms with Crippen molar-refractivity contribution < 1.29 is 23.7 Å². The first kappa shape index (κ1) is 15.7. The molecule has 116 valence electrons. The van der Waals surface area contributed by atoms with Crippen molar-refractivity contribution in [3.05, 3.63) is 53.6 Å². The number of ether oxygens (including phenoxy) is 4. The second-order valence-corrected chi connectivity index (χ2v) is 4.44. The van der Waals surface area contributed by atoms with Crippen LogP contribution in [0.25, 0.3) is 0 Å². The molecule has 2 aromatic rings. The molecule has 0 aliphatic heterocycles. The second kappa shape index (κ2) is 7.36. The first-order valence-corrected chi connectivity index (χ1v) is 6.71.